The molecule has 1 heteroatoms. The standard InChI is InChI=1S/C10H20O/c1-5-9(4)10(7-11)6-8(2)3/h6,8-9,11H,5,7H2,1-4H3/b10-6-/t9-/m1/s1. The van der Waals surface area contributed by atoms with Gasteiger partial charge in [-0.05, 0) is 23.8 Å². The highest BCUT2D eigenvalue weighted by atomic mass is 16.3. The third kappa shape index (κ3) is 4.20. The van der Waals surface area contributed by atoms with Crippen molar-refractivity contribution in [2.45, 2.75) is 34.1 Å². The fourth-order valence-electron chi connectivity index (χ4n) is 1.06. The molecule has 0 aliphatic carbocycles. The van der Waals surface area contributed by atoms with E-state index in [1.807, 2.05) is 0 Å². The molecule has 0 aromatic carbocycles. The lowest BCUT2D eigenvalue weighted by Crippen LogP contribution is -2.03. The van der Waals surface area contributed by atoms with Gasteiger partial charge < -0.3 is 5.11 Å². The van der Waals surface area contributed by atoms with E-state index in [4.69, 9.17) is 5.11 Å². The molecule has 0 spiro atoms. The maximum atomic E-state index is 9.01. The highest BCUT2D eigenvalue weighted by Gasteiger charge is 2.05. The van der Waals surface area contributed by atoms with Crippen LogP contribution in [0.2, 0.25) is 0 Å². The summed E-state index contributed by atoms with van der Waals surface area (Å²) in [4.78, 5) is 0. The molecule has 0 bridgehead atoms. The van der Waals surface area contributed by atoms with Gasteiger partial charge in [0.1, 0.15) is 0 Å². The maximum absolute atomic E-state index is 9.01. The van der Waals surface area contributed by atoms with Crippen LogP contribution in [0.3, 0.4) is 0 Å². The first-order valence-electron chi connectivity index (χ1n) is 4.43. The van der Waals surface area contributed by atoms with E-state index in [9.17, 15) is 0 Å². The van der Waals surface area contributed by atoms with Crippen LogP contribution in [0.15, 0.2) is 11.6 Å². The normalized spacial score (nSPS) is 15.6. The lowest BCUT2D eigenvalue weighted by Gasteiger charge is -2.12. The van der Waals surface area contributed by atoms with Crippen LogP contribution in [0.4, 0.5) is 0 Å². The largest absolute Gasteiger partial charge is 0.392 e. The van der Waals surface area contributed by atoms with E-state index in [-0.39, 0.29) is 6.61 Å². The minimum absolute atomic E-state index is 0.215. The van der Waals surface area contributed by atoms with Gasteiger partial charge in [0.2, 0.25) is 0 Å². The van der Waals surface area contributed by atoms with Crippen LogP contribution in [-0.4, -0.2) is 11.7 Å². The van der Waals surface area contributed by atoms with Crippen molar-refractivity contribution >= 4 is 0 Å². The van der Waals surface area contributed by atoms with Gasteiger partial charge in [-0.3, -0.25) is 0 Å². The second-order valence-electron chi connectivity index (χ2n) is 3.45. The van der Waals surface area contributed by atoms with E-state index in [0.717, 1.165) is 6.42 Å². The smallest absolute Gasteiger partial charge is 0.0644 e. The van der Waals surface area contributed by atoms with E-state index in [1.165, 1.54) is 5.57 Å². The Labute approximate surface area is 70.1 Å². The molecule has 1 atom stereocenters. The lowest BCUT2D eigenvalue weighted by atomic mass is 9.96. The molecule has 0 unspecified atom stereocenters. The molecule has 0 saturated carbocycles. The molecule has 0 aliphatic heterocycles. The third-order valence-electron chi connectivity index (χ3n) is 1.98. The molecule has 0 aromatic heterocycles. The monoisotopic (exact) mass is 156 g/mol. The van der Waals surface area contributed by atoms with Gasteiger partial charge in [0.15, 0.2) is 0 Å². The van der Waals surface area contributed by atoms with Crippen LogP contribution in [-0.2, 0) is 0 Å². The Hall–Kier alpha value is -0.300. The first kappa shape index (κ1) is 10.7. The van der Waals surface area contributed by atoms with Gasteiger partial charge in [-0.25, -0.2) is 0 Å². The lowest BCUT2D eigenvalue weighted by molar-refractivity contribution is 0.313. The Bertz CT molecular complexity index is 125. The molecule has 0 fully saturated rings. The Kier molecular flexibility index (Phi) is 5.22. The van der Waals surface area contributed by atoms with Gasteiger partial charge in [-0.15, -0.1) is 0 Å². The van der Waals surface area contributed by atoms with E-state index in [1.54, 1.807) is 0 Å². The molecule has 11 heavy (non-hydrogen) atoms. The van der Waals surface area contributed by atoms with Crippen LogP contribution >= 0.6 is 0 Å². The Balaban J connectivity index is 4.14. The molecular weight excluding hydrogens is 136 g/mol. The summed E-state index contributed by atoms with van der Waals surface area (Å²) >= 11 is 0. The SMILES string of the molecule is CC[C@@H](C)/C(=C\C(C)C)CO. The van der Waals surface area contributed by atoms with Crippen molar-refractivity contribution in [2.24, 2.45) is 11.8 Å². The third-order valence-corrected chi connectivity index (χ3v) is 1.98. The van der Waals surface area contributed by atoms with Crippen molar-refractivity contribution < 1.29 is 5.11 Å². The average molecular weight is 156 g/mol. The quantitative estimate of drug-likeness (QED) is 0.620. The molecule has 1 nitrogen and oxygen atoms in total. The minimum atomic E-state index is 0.215. The molecule has 0 heterocycles. The van der Waals surface area contributed by atoms with E-state index in [0.29, 0.717) is 11.8 Å². The summed E-state index contributed by atoms with van der Waals surface area (Å²) in [7, 11) is 0. The predicted molar refractivity (Wildman–Crippen MR) is 49.5 cm³/mol. The van der Waals surface area contributed by atoms with Crippen LogP contribution < -0.4 is 0 Å². The summed E-state index contributed by atoms with van der Waals surface area (Å²) < 4.78 is 0. The molecule has 0 aliphatic rings. The Morgan fingerprint density at radius 3 is 2.18 bits per heavy atom. The maximum Gasteiger partial charge on any atom is 0.0644 e. The fourth-order valence-corrected chi connectivity index (χ4v) is 1.06. The van der Waals surface area contributed by atoms with E-state index in [2.05, 4.69) is 33.8 Å². The summed E-state index contributed by atoms with van der Waals surface area (Å²) in [6.07, 6.45) is 3.27. The number of allylic oxidation sites excluding steroid dienone is 1. The number of hydrogen-bond donors (Lipinski definition) is 1. The highest BCUT2D eigenvalue weighted by molar-refractivity contribution is 5.06. The van der Waals surface area contributed by atoms with Crippen LogP contribution in [0.1, 0.15) is 34.1 Å². The molecule has 66 valence electrons. The van der Waals surface area contributed by atoms with Gasteiger partial charge in [-0.1, -0.05) is 33.8 Å². The number of aliphatic hydroxyl groups excluding tert-OH is 1. The number of aliphatic hydroxyl groups is 1. The van der Waals surface area contributed by atoms with Gasteiger partial charge in [0.25, 0.3) is 0 Å². The molecular formula is C10H20O. The summed E-state index contributed by atoms with van der Waals surface area (Å²) in [5, 5.41) is 9.01. The zero-order valence-electron chi connectivity index (χ0n) is 8.09. The van der Waals surface area contributed by atoms with Gasteiger partial charge in [0.05, 0.1) is 6.61 Å². The zero-order valence-corrected chi connectivity index (χ0v) is 8.09. The van der Waals surface area contributed by atoms with Crippen molar-refractivity contribution in [1.82, 2.24) is 0 Å². The second-order valence-corrected chi connectivity index (χ2v) is 3.45. The van der Waals surface area contributed by atoms with Gasteiger partial charge in [0, 0.05) is 0 Å². The molecule has 0 amide bonds. The Morgan fingerprint density at radius 2 is 1.91 bits per heavy atom. The van der Waals surface area contributed by atoms with Gasteiger partial charge in [-0.2, -0.15) is 0 Å². The summed E-state index contributed by atoms with van der Waals surface area (Å²) in [5.41, 5.74) is 1.18. The topological polar surface area (TPSA) is 20.2 Å². The molecule has 1 N–H and O–H groups in total. The number of hydrogen-bond acceptors (Lipinski definition) is 1. The number of rotatable bonds is 4. The molecule has 0 aromatic rings. The van der Waals surface area contributed by atoms with Crippen LogP contribution in [0.25, 0.3) is 0 Å². The van der Waals surface area contributed by atoms with Gasteiger partial charge >= 0.3 is 0 Å². The Morgan fingerprint density at radius 1 is 1.36 bits per heavy atom. The van der Waals surface area contributed by atoms with Crippen molar-refractivity contribution in [1.29, 1.82) is 0 Å². The van der Waals surface area contributed by atoms with Crippen molar-refractivity contribution in [3.05, 3.63) is 11.6 Å². The second kappa shape index (κ2) is 5.36. The molecule has 0 saturated heterocycles. The summed E-state index contributed by atoms with van der Waals surface area (Å²) in [6, 6.07) is 0. The first-order valence-corrected chi connectivity index (χ1v) is 4.43. The first-order chi connectivity index (χ1) is 5.11. The summed E-state index contributed by atoms with van der Waals surface area (Å²) in [5.74, 6) is 1.08. The van der Waals surface area contributed by atoms with E-state index < -0.39 is 0 Å². The van der Waals surface area contributed by atoms with Crippen LogP contribution in [0, 0.1) is 11.8 Å². The van der Waals surface area contributed by atoms with Crippen molar-refractivity contribution in [2.75, 3.05) is 6.61 Å². The van der Waals surface area contributed by atoms with Crippen molar-refractivity contribution in [3.8, 4) is 0 Å². The zero-order chi connectivity index (χ0) is 8.85. The summed E-state index contributed by atoms with van der Waals surface area (Å²) in [6.45, 7) is 8.79. The molecule has 0 rings (SSSR count). The van der Waals surface area contributed by atoms with Crippen molar-refractivity contribution in [3.63, 3.8) is 0 Å². The van der Waals surface area contributed by atoms with E-state index >= 15 is 0 Å². The predicted octanol–water partition coefficient (Wildman–Crippen LogP) is 2.61. The average Bonchev–Trinajstić information content (AvgIpc) is 1.98. The molecule has 0 radical (unpaired) electrons. The highest BCUT2D eigenvalue weighted by Crippen LogP contribution is 2.15. The van der Waals surface area contributed by atoms with Crippen LogP contribution in [0.5, 0.6) is 0 Å². The fraction of sp³-hybridized carbons (Fsp3) is 0.800. The minimum Gasteiger partial charge on any atom is -0.392 e.